The minimum Gasteiger partial charge on any atom is -0.467 e. The number of rotatable bonds is 5. The van der Waals surface area contributed by atoms with Gasteiger partial charge in [0.1, 0.15) is 5.76 Å². The highest BCUT2D eigenvalue weighted by Gasteiger charge is 2.30. The minimum atomic E-state index is 0.0397. The summed E-state index contributed by atoms with van der Waals surface area (Å²) >= 11 is 3.63. The maximum Gasteiger partial charge on any atom is 0.123 e. The molecule has 0 aliphatic heterocycles. The van der Waals surface area contributed by atoms with Crippen LogP contribution in [-0.4, -0.2) is 6.04 Å². The molecule has 4 heteroatoms. The number of benzene rings is 1. The molecule has 1 atom stereocenters. The third kappa shape index (κ3) is 2.91. The minimum absolute atomic E-state index is 0.0397. The lowest BCUT2D eigenvalue weighted by atomic mass is 10.1. The van der Waals surface area contributed by atoms with E-state index in [9.17, 15) is 0 Å². The van der Waals surface area contributed by atoms with Crippen molar-refractivity contribution in [3.8, 4) is 0 Å². The number of halogens is 1. The zero-order valence-corrected chi connectivity index (χ0v) is 13.1. The van der Waals surface area contributed by atoms with E-state index in [0.717, 1.165) is 22.3 Å². The Kier molecular flexibility index (Phi) is 3.85. The first-order valence-corrected chi connectivity index (χ1v) is 7.78. The van der Waals surface area contributed by atoms with E-state index < -0.39 is 0 Å². The summed E-state index contributed by atoms with van der Waals surface area (Å²) in [7, 11) is 0. The van der Waals surface area contributed by atoms with Gasteiger partial charge in [0, 0.05) is 22.2 Å². The molecule has 20 heavy (non-hydrogen) atoms. The van der Waals surface area contributed by atoms with Crippen LogP contribution in [0.4, 0.5) is 5.69 Å². The van der Waals surface area contributed by atoms with Crippen molar-refractivity contribution < 1.29 is 4.42 Å². The Morgan fingerprint density at radius 1 is 1.40 bits per heavy atom. The van der Waals surface area contributed by atoms with E-state index in [2.05, 4.69) is 39.0 Å². The van der Waals surface area contributed by atoms with Gasteiger partial charge in [-0.05, 0) is 49.6 Å². The van der Waals surface area contributed by atoms with Gasteiger partial charge >= 0.3 is 0 Å². The monoisotopic (exact) mass is 334 g/mol. The molecule has 0 unspecified atom stereocenters. The molecular formula is C16H19BrN2O. The van der Waals surface area contributed by atoms with E-state index >= 15 is 0 Å². The molecule has 1 aliphatic rings. The van der Waals surface area contributed by atoms with Crippen LogP contribution in [-0.2, 0) is 6.54 Å². The van der Waals surface area contributed by atoms with Crippen LogP contribution in [0.15, 0.2) is 45.5 Å². The number of nitrogens with zero attached hydrogens (tertiary/aromatic N) is 1. The van der Waals surface area contributed by atoms with Crippen molar-refractivity contribution in [3.63, 3.8) is 0 Å². The molecule has 2 aromatic rings. The second kappa shape index (κ2) is 5.62. The quantitative estimate of drug-likeness (QED) is 0.889. The fraction of sp³-hybridized carbons (Fsp3) is 0.375. The van der Waals surface area contributed by atoms with E-state index in [-0.39, 0.29) is 6.04 Å². The summed E-state index contributed by atoms with van der Waals surface area (Å²) in [6, 6.07) is 11.1. The predicted octanol–water partition coefficient (Wildman–Crippen LogP) is 4.23. The van der Waals surface area contributed by atoms with Gasteiger partial charge in [-0.25, -0.2) is 0 Å². The highest BCUT2D eigenvalue weighted by molar-refractivity contribution is 9.10. The molecule has 0 bridgehead atoms. The van der Waals surface area contributed by atoms with E-state index in [4.69, 9.17) is 10.2 Å². The van der Waals surface area contributed by atoms with Crippen LogP contribution in [0.5, 0.6) is 0 Å². The molecule has 3 nitrogen and oxygen atoms in total. The molecule has 0 radical (unpaired) electrons. The molecular weight excluding hydrogens is 316 g/mol. The summed E-state index contributed by atoms with van der Waals surface area (Å²) in [5.41, 5.74) is 8.33. The molecule has 1 fully saturated rings. The van der Waals surface area contributed by atoms with Gasteiger partial charge in [0.25, 0.3) is 0 Å². The zero-order chi connectivity index (χ0) is 14.1. The summed E-state index contributed by atoms with van der Waals surface area (Å²) in [4.78, 5) is 2.41. The van der Waals surface area contributed by atoms with E-state index in [1.165, 1.54) is 18.5 Å². The van der Waals surface area contributed by atoms with Crippen LogP contribution in [0.1, 0.15) is 37.1 Å². The van der Waals surface area contributed by atoms with E-state index in [0.29, 0.717) is 6.04 Å². The van der Waals surface area contributed by atoms with Gasteiger partial charge in [0.15, 0.2) is 0 Å². The van der Waals surface area contributed by atoms with Crippen LogP contribution in [0.3, 0.4) is 0 Å². The SMILES string of the molecule is C[C@@H](N)c1ccc(N(Cc2ccco2)C2CC2)cc1Br. The van der Waals surface area contributed by atoms with Gasteiger partial charge < -0.3 is 15.1 Å². The van der Waals surface area contributed by atoms with Crippen molar-refractivity contribution in [2.24, 2.45) is 5.73 Å². The number of hydrogen-bond acceptors (Lipinski definition) is 3. The first kappa shape index (κ1) is 13.7. The second-order valence-electron chi connectivity index (χ2n) is 5.43. The maximum absolute atomic E-state index is 5.96. The molecule has 1 aliphatic carbocycles. The normalized spacial score (nSPS) is 16.1. The fourth-order valence-electron chi connectivity index (χ4n) is 2.45. The summed E-state index contributed by atoms with van der Waals surface area (Å²) in [6.45, 7) is 2.82. The maximum atomic E-state index is 5.96. The van der Waals surface area contributed by atoms with Gasteiger partial charge in [-0.1, -0.05) is 22.0 Å². The number of hydrogen-bond donors (Lipinski definition) is 1. The Morgan fingerprint density at radius 3 is 2.75 bits per heavy atom. The zero-order valence-electron chi connectivity index (χ0n) is 11.6. The highest BCUT2D eigenvalue weighted by atomic mass is 79.9. The lowest BCUT2D eigenvalue weighted by molar-refractivity contribution is 0.501. The van der Waals surface area contributed by atoms with Gasteiger partial charge in [-0.15, -0.1) is 0 Å². The number of anilines is 1. The topological polar surface area (TPSA) is 42.4 Å². The van der Waals surface area contributed by atoms with E-state index in [1.807, 2.05) is 19.1 Å². The van der Waals surface area contributed by atoms with E-state index in [1.54, 1.807) is 6.26 Å². The standard InChI is InChI=1S/C16H19BrN2O/c1-11(18)15-7-6-13(9-16(15)17)19(12-4-5-12)10-14-3-2-8-20-14/h2-3,6-9,11-12H,4-5,10,18H2,1H3/t11-/m1/s1. The highest BCUT2D eigenvalue weighted by Crippen LogP contribution is 2.35. The Hall–Kier alpha value is -1.26. The van der Waals surface area contributed by atoms with Crippen molar-refractivity contribution in [1.29, 1.82) is 0 Å². The van der Waals surface area contributed by atoms with Gasteiger partial charge in [-0.3, -0.25) is 0 Å². The second-order valence-corrected chi connectivity index (χ2v) is 6.29. The molecule has 2 N–H and O–H groups in total. The fourth-order valence-corrected chi connectivity index (χ4v) is 3.18. The third-order valence-corrected chi connectivity index (χ3v) is 4.39. The van der Waals surface area contributed by atoms with Crippen molar-refractivity contribution in [2.75, 3.05) is 4.90 Å². The van der Waals surface area contributed by atoms with Crippen molar-refractivity contribution >= 4 is 21.6 Å². The third-order valence-electron chi connectivity index (χ3n) is 3.70. The van der Waals surface area contributed by atoms with Crippen LogP contribution < -0.4 is 10.6 Å². The summed E-state index contributed by atoms with van der Waals surface area (Å²) < 4.78 is 6.56. The molecule has 1 aromatic heterocycles. The van der Waals surface area contributed by atoms with Crippen LogP contribution in [0.2, 0.25) is 0 Å². The summed E-state index contributed by atoms with van der Waals surface area (Å²) in [5, 5.41) is 0. The average Bonchev–Trinajstić information content (AvgIpc) is 3.12. The molecule has 1 heterocycles. The Bertz CT molecular complexity index is 576. The first-order chi connectivity index (χ1) is 9.65. The van der Waals surface area contributed by atoms with Crippen LogP contribution >= 0.6 is 15.9 Å². The predicted molar refractivity (Wildman–Crippen MR) is 84.7 cm³/mol. The Labute approximate surface area is 127 Å². The Balaban J connectivity index is 1.86. The Morgan fingerprint density at radius 2 is 2.20 bits per heavy atom. The van der Waals surface area contributed by atoms with Gasteiger partial charge in [0.2, 0.25) is 0 Å². The molecule has 1 saturated carbocycles. The van der Waals surface area contributed by atoms with Gasteiger partial charge in [0.05, 0.1) is 12.8 Å². The molecule has 1 aromatic carbocycles. The molecule has 3 rings (SSSR count). The van der Waals surface area contributed by atoms with Crippen molar-refractivity contribution in [2.45, 2.75) is 38.4 Å². The van der Waals surface area contributed by atoms with Crippen molar-refractivity contribution in [3.05, 3.63) is 52.4 Å². The lowest BCUT2D eigenvalue weighted by Gasteiger charge is -2.24. The summed E-state index contributed by atoms with van der Waals surface area (Å²) in [6.07, 6.45) is 4.25. The van der Waals surface area contributed by atoms with Crippen LogP contribution in [0, 0.1) is 0 Å². The number of furan rings is 1. The lowest BCUT2D eigenvalue weighted by Crippen LogP contribution is -2.24. The smallest absolute Gasteiger partial charge is 0.123 e. The largest absolute Gasteiger partial charge is 0.467 e. The van der Waals surface area contributed by atoms with Crippen LogP contribution in [0.25, 0.3) is 0 Å². The van der Waals surface area contributed by atoms with Crippen molar-refractivity contribution in [1.82, 2.24) is 0 Å². The van der Waals surface area contributed by atoms with Gasteiger partial charge in [-0.2, -0.15) is 0 Å². The average molecular weight is 335 g/mol. The molecule has 0 spiro atoms. The summed E-state index contributed by atoms with van der Waals surface area (Å²) in [5.74, 6) is 1.00. The molecule has 106 valence electrons. The number of nitrogens with two attached hydrogens (primary N) is 1. The molecule has 0 amide bonds. The molecule has 0 saturated heterocycles. The first-order valence-electron chi connectivity index (χ1n) is 6.99.